The van der Waals surface area contributed by atoms with Crippen molar-refractivity contribution in [3.8, 4) is 5.75 Å². The van der Waals surface area contributed by atoms with E-state index in [0.29, 0.717) is 17.7 Å². The van der Waals surface area contributed by atoms with Gasteiger partial charge in [0.1, 0.15) is 12.4 Å². The molecule has 0 saturated carbocycles. The standard InChI is InChI=1S/C15H12N2O3/c18-15(19)13-8-17-14-2-1-11(7-12(13)14)20-9-10-3-5-16-6-4-10/h1-8,17H,9H2,(H,18,19). The Kier molecular flexibility index (Phi) is 3.09. The van der Waals surface area contributed by atoms with Crippen molar-refractivity contribution in [3.63, 3.8) is 0 Å². The lowest BCUT2D eigenvalue weighted by atomic mass is 10.1. The summed E-state index contributed by atoms with van der Waals surface area (Å²) >= 11 is 0. The van der Waals surface area contributed by atoms with Crippen molar-refractivity contribution < 1.29 is 14.6 Å². The summed E-state index contributed by atoms with van der Waals surface area (Å²) in [7, 11) is 0. The van der Waals surface area contributed by atoms with Crippen LogP contribution in [0.4, 0.5) is 0 Å². The Hall–Kier alpha value is -2.82. The maximum Gasteiger partial charge on any atom is 0.337 e. The molecule has 20 heavy (non-hydrogen) atoms. The Bertz CT molecular complexity index is 750. The Morgan fingerprint density at radius 3 is 2.80 bits per heavy atom. The third kappa shape index (κ3) is 2.33. The molecule has 0 unspecified atom stereocenters. The number of H-pyrrole nitrogens is 1. The number of nitrogens with one attached hydrogen (secondary N) is 1. The molecule has 0 spiro atoms. The Morgan fingerprint density at radius 2 is 2.05 bits per heavy atom. The molecule has 2 heterocycles. The average Bonchev–Trinajstić information content (AvgIpc) is 2.89. The zero-order valence-corrected chi connectivity index (χ0v) is 10.5. The Balaban J connectivity index is 1.85. The fourth-order valence-corrected chi connectivity index (χ4v) is 2.01. The van der Waals surface area contributed by atoms with Gasteiger partial charge in [-0.25, -0.2) is 4.79 Å². The number of hydrogen-bond donors (Lipinski definition) is 2. The van der Waals surface area contributed by atoms with Gasteiger partial charge in [-0.3, -0.25) is 4.98 Å². The van der Waals surface area contributed by atoms with Crippen LogP contribution in [0.5, 0.6) is 5.75 Å². The van der Waals surface area contributed by atoms with Gasteiger partial charge in [-0.2, -0.15) is 0 Å². The highest BCUT2D eigenvalue weighted by Crippen LogP contribution is 2.24. The molecule has 0 radical (unpaired) electrons. The highest BCUT2D eigenvalue weighted by atomic mass is 16.5. The normalized spacial score (nSPS) is 10.6. The molecule has 0 aliphatic heterocycles. The monoisotopic (exact) mass is 268 g/mol. The first kappa shape index (κ1) is 12.2. The third-order valence-electron chi connectivity index (χ3n) is 3.04. The number of rotatable bonds is 4. The molecule has 0 bridgehead atoms. The van der Waals surface area contributed by atoms with Gasteiger partial charge in [-0.05, 0) is 35.9 Å². The van der Waals surface area contributed by atoms with E-state index in [1.165, 1.54) is 6.20 Å². The quantitative estimate of drug-likeness (QED) is 0.763. The van der Waals surface area contributed by atoms with Crippen LogP contribution >= 0.6 is 0 Å². The number of fused-ring (bicyclic) bond motifs is 1. The smallest absolute Gasteiger partial charge is 0.337 e. The number of nitrogens with zero attached hydrogens (tertiary/aromatic N) is 1. The molecule has 0 atom stereocenters. The van der Waals surface area contributed by atoms with Gasteiger partial charge in [0, 0.05) is 29.5 Å². The van der Waals surface area contributed by atoms with Crippen LogP contribution in [0.15, 0.2) is 48.9 Å². The van der Waals surface area contributed by atoms with Gasteiger partial charge in [0.15, 0.2) is 0 Å². The Labute approximate surface area is 114 Å². The molecule has 5 heteroatoms. The molecule has 0 aliphatic rings. The van der Waals surface area contributed by atoms with Crippen molar-refractivity contribution in [1.82, 2.24) is 9.97 Å². The van der Waals surface area contributed by atoms with E-state index in [0.717, 1.165) is 11.1 Å². The molecule has 2 N–H and O–H groups in total. The van der Waals surface area contributed by atoms with Crippen LogP contribution in [-0.2, 0) is 6.61 Å². The number of benzene rings is 1. The second kappa shape index (κ2) is 5.05. The first-order chi connectivity index (χ1) is 9.74. The van der Waals surface area contributed by atoms with Crippen molar-refractivity contribution in [2.24, 2.45) is 0 Å². The maximum absolute atomic E-state index is 11.1. The molecule has 0 fully saturated rings. The minimum atomic E-state index is -0.956. The fourth-order valence-electron chi connectivity index (χ4n) is 2.01. The van der Waals surface area contributed by atoms with E-state index in [1.54, 1.807) is 18.5 Å². The van der Waals surface area contributed by atoms with Crippen LogP contribution in [0, 0.1) is 0 Å². The number of ether oxygens (including phenoxy) is 1. The number of carboxylic acid groups (broad SMARTS) is 1. The Morgan fingerprint density at radius 1 is 1.25 bits per heavy atom. The molecule has 0 aliphatic carbocycles. The molecule has 5 nitrogen and oxygen atoms in total. The van der Waals surface area contributed by atoms with Crippen LogP contribution in [0.3, 0.4) is 0 Å². The lowest BCUT2D eigenvalue weighted by Crippen LogP contribution is -1.96. The number of hydrogen-bond acceptors (Lipinski definition) is 3. The van der Waals surface area contributed by atoms with Gasteiger partial charge in [0.25, 0.3) is 0 Å². The molecule has 1 aromatic carbocycles. The van der Waals surface area contributed by atoms with Gasteiger partial charge in [-0.15, -0.1) is 0 Å². The zero-order chi connectivity index (χ0) is 13.9. The zero-order valence-electron chi connectivity index (χ0n) is 10.5. The first-order valence-corrected chi connectivity index (χ1v) is 6.10. The SMILES string of the molecule is O=C(O)c1c[nH]c2ccc(OCc3ccncc3)cc12. The molecule has 100 valence electrons. The van der Waals surface area contributed by atoms with E-state index in [1.807, 2.05) is 24.3 Å². The van der Waals surface area contributed by atoms with E-state index < -0.39 is 5.97 Å². The summed E-state index contributed by atoms with van der Waals surface area (Å²) in [5.41, 5.74) is 2.03. The van der Waals surface area contributed by atoms with Crippen molar-refractivity contribution in [1.29, 1.82) is 0 Å². The molecule has 3 rings (SSSR count). The van der Waals surface area contributed by atoms with Crippen LogP contribution in [0.25, 0.3) is 10.9 Å². The fraction of sp³-hybridized carbons (Fsp3) is 0.0667. The molecular weight excluding hydrogens is 256 g/mol. The number of carboxylic acids is 1. The minimum Gasteiger partial charge on any atom is -0.489 e. The summed E-state index contributed by atoms with van der Waals surface area (Å²) in [6, 6.07) is 9.10. The molecule has 3 aromatic rings. The van der Waals surface area contributed by atoms with Crippen molar-refractivity contribution >= 4 is 16.9 Å². The summed E-state index contributed by atoms with van der Waals surface area (Å²) in [6.45, 7) is 0.418. The van der Waals surface area contributed by atoms with Gasteiger partial charge >= 0.3 is 5.97 Å². The van der Waals surface area contributed by atoms with Crippen LogP contribution in [-0.4, -0.2) is 21.0 Å². The number of carbonyl (C=O) groups is 1. The van der Waals surface area contributed by atoms with Crippen LogP contribution in [0.2, 0.25) is 0 Å². The van der Waals surface area contributed by atoms with E-state index in [-0.39, 0.29) is 5.56 Å². The van der Waals surface area contributed by atoms with E-state index in [4.69, 9.17) is 9.84 Å². The van der Waals surface area contributed by atoms with E-state index in [9.17, 15) is 4.79 Å². The molecule has 2 aromatic heterocycles. The van der Waals surface area contributed by atoms with Gasteiger partial charge in [0.05, 0.1) is 5.56 Å². The first-order valence-electron chi connectivity index (χ1n) is 6.10. The highest BCUT2D eigenvalue weighted by Gasteiger charge is 2.11. The number of aromatic carboxylic acids is 1. The van der Waals surface area contributed by atoms with E-state index >= 15 is 0 Å². The lowest BCUT2D eigenvalue weighted by molar-refractivity contribution is 0.0699. The van der Waals surface area contributed by atoms with Crippen molar-refractivity contribution in [2.45, 2.75) is 6.61 Å². The number of aromatic amines is 1. The lowest BCUT2D eigenvalue weighted by Gasteiger charge is -2.06. The summed E-state index contributed by atoms with van der Waals surface area (Å²) in [5.74, 6) is -0.320. The topological polar surface area (TPSA) is 75.2 Å². The summed E-state index contributed by atoms with van der Waals surface area (Å²) in [6.07, 6.45) is 4.90. The summed E-state index contributed by atoms with van der Waals surface area (Å²) < 4.78 is 5.67. The molecule has 0 saturated heterocycles. The van der Waals surface area contributed by atoms with Gasteiger partial charge < -0.3 is 14.8 Å². The maximum atomic E-state index is 11.1. The predicted molar refractivity (Wildman–Crippen MR) is 73.8 cm³/mol. The third-order valence-corrected chi connectivity index (χ3v) is 3.04. The van der Waals surface area contributed by atoms with Crippen molar-refractivity contribution in [2.75, 3.05) is 0 Å². The van der Waals surface area contributed by atoms with Crippen molar-refractivity contribution in [3.05, 3.63) is 60.0 Å². The average molecular weight is 268 g/mol. The highest BCUT2D eigenvalue weighted by molar-refractivity contribution is 6.03. The second-order valence-corrected chi connectivity index (χ2v) is 4.36. The number of aromatic nitrogens is 2. The summed E-state index contributed by atoms with van der Waals surface area (Å²) in [5, 5.41) is 9.75. The molecular formula is C15H12N2O3. The number of pyridine rings is 1. The van der Waals surface area contributed by atoms with Crippen LogP contribution in [0.1, 0.15) is 15.9 Å². The summed E-state index contributed by atoms with van der Waals surface area (Å²) in [4.78, 5) is 18.0. The minimum absolute atomic E-state index is 0.245. The van der Waals surface area contributed by atoms with Gasteiger partial charge in [0.2, 0.25) is 0 Å². The van der Waals surface area contributed by atoms with E-state index in [2.05, 4.69) is 9.97 Å². The largest absolute Gasteiger partial charge is 0.489 e. The van der Waals surface area contributed by atoms with Gasteiger partial charge in [-0.1, -0.05) is 0 Å². The van der Waals surface area contributed by atoms with Crippen LogP contribution < -0.4 is 4.74 Å². The molecule has 0 amide bonds. The predicted octanol–water partition coefficient (Wildman–Crippen LogP) is 2.84. The second-order valence-electron chi connectivity index (χ2n) is 4.36.